The van der Waals surface area contributed by atoms with Crippen molar-refractivity contribution in [3.05, 3.63) is 130 Å². The second kappa shape index (κ2) is 11.7. The summed E-state index contributed by atoms with van der Waals surface area (Å²) in [5.74, 6) is -5.83. The van der Waals surface area contributed by atoms with Gasteiger partial charge in [-0.15, -0.1) is 0 Å². The van der Waals surface area contributed by atoms with Crippen LogP contribution in [0.1, 0.15) is 77.0 Å². The lowest BCUT2D eigenvalue weighted by Gasteiger charge is -2.36. The van der Waals surface area contributed by atoms with Crippen molar-refractivity contribution in [3.63, 3.8) is 0 Å². The maximum Gasteiger partial charge on any atom is 0.336 e. The molecule has 1 aliphatic rings. The predicted octanol–water partition coefficient (Wildman–Crippen LogP) is 6.31. The van der Waals surface area contributed by atoms with E-state index in [4.69, 9.17) is 0 Å². The average Bonchev–Trinajstić information content (AvgIpc) is 2.99. The number of nitrogens with zero attached hydrogens (tertiary/aromatic N) is 1. The van der Waals surface area contributed by atoms with Crippen LogP contribution in [-0.2, 0) is 13.0 Å². The van der Waals surface area contributed by atoms with E-state index in [2.05, 4.69) is 0 Å². The summed E-state index contributed by atoms with van der Waals surface area (Å²) in [6, 6.07) is 22.2. The molecule has 1 aliphatic carbocycles. The number of hydrogen-bond acceptors (Lipinski definition) is 4. The predicted molar refractivity (Wildman–Crippen MR) is 151 cm³/mol. The second-order valence-electron chi connectivity index (χ2n) is 10.1. The van der Waals surface area contributed by atoms with E-state index in [0.29, 0.717) is 6.42 Å². The Morgan fingerprint density at radius 2 is 1.24 bits per heavy atom. The Balaban J connectivity index is 1.60. The summed E-state index contributed by atoms with van der Waals surface area (Å²) in [6.07, 6.45) is 2.19. The fourth-order valence-electron chi connectivity index (χ4n) is 5.48. The van der Waals surface area contributed by atoms with Gasteiger partial charge < -0.3 is 20.2 Å². The second-order valence-corrected chi connectivity index (χ2v) is 10.1. The van der Waals surface area contributed by atoms with Crippen LogP contribution >= 0.6 is 0 Å². The molecule has 0 heterocycles. The molecule has 0 saturated carbocycles. The first-order chi connectivity index (χ1) is 20.1. The Labute approximate surface area is 240 Å². The number of fused-ring (bicyclic) bond motifs is 1. The minimum Gasteiger partial charge on any atom is -0.478 e. The molecule has 9 heteroatoms. The van der Waals surface area contributed by atoms with Crippen LogP contribution in [0.3, 0.4) is 0 Å². The lowest BCUT2D eigenvalue weighted by atomic mass is 9.86. The third-order valence-corrected chi connectivity index (χ3v) is 7.54. The van der Waals surface area contributed by atoms with Gasteiger partial charge in [-0.3, -0.25) is 4.79 Å². The molecule has 42 heavy (non-hydrogen) atoms. The quantitative estimate of drug-likeness (QED) is 0.227. The van der Waals surface area contributed by atoms with Crippen molar-refractivity contribution in [2.75, 3.05) is 0 Å². The number of amides is 1. The average molecular weight is 568 g/mol. The highest BCUT2D eigenvalue weighted by molar-refractivity contribution is 6.10. The molecular weight excluding hydrogens is 541 g/mol. The van der Waals surface area contributed by atoms with E-state index in [1.54, 1.807) is 12.1 Å². The molecule has 0 saturated heterocycles. The lowest BCUT2D eigenvalue weighted by molar-refractivity contribution is 0.0611. The Morgan fingerprint density at radius 1 is 0.714 bits per heavy atom. The minimum atomic E-state index is -1.62. The molecule has 0 radical (unpaired) electrons. The van der Waals surface area contributed by atoms with Gasteiger partial charge in [-0.2, -0.15) is 0 Å². The number of carbonyl (C=O) groups excluding carboxylic acids is 1. The zero-order valence-corrected chi connectivity index (χ0v) is 22.3. The summed E-state index contributed by atoms with van der Waals surface area (Å²) in [4.78, 5) is 51.6. The Hall–Kier alpha value is -5.31. The van der Waals surface area contributed by atoms with E-state index >= 15 is 0 Å². The molecular formula is C33H26FNO7. The van der Waals surface area contributed by atoms with Gasteiger partial charge in [-0.25, -0.2) is 18.8 Å². The van der Waals surface area contributed by atoms with E-state index < -0.39 is 52.1 Å². The van der Waals surface area contributed by atoms with Gasteiger partial charge in [0.25, 0.3) is 5.91 Å². The molecule has 1 atom stereocenters. The highest BCUT2D eigenvalue weighted by Gasteiger charge is 2.33. The summed E-state index contributed by atoms with van der Waals surface area (Å²) >= 11 is 0. The Kier molecular flexibility index (Phi) is 7.84. The molecule has 212 valence electrons. The number of carboxylic acid groups (broad SMARTS) is 3. The van der Waals surface area contributed by atoms with E-state index in [-0.39, 0.29) is 12.4 Å². The summed E-state index contributed by atoms with van der Waals surface area (Å²) in [6.45, 7) is 0.0731. The van der Waals surface area contributed by atoms with E-state index in [1.165, 1.54) is 17.0 Å². The SMILES string of the molecule is O=C(O)c1cc(C(=O)O)c(C(=O)N(Cc2ccc(-c3ccc(F)cc3)cc2)[C@H]2CCCc3ccccc32)cc1C(=O)O. The van der Waals surface area contributed by atoms with Crippen LogP contribution in [-0.4, -0.2) is 44.0 Å². The standard InChI is InChI=1S/C33H26FNO7/c34-23-14-12-21(13-15-23)20-10-8-19(9-11-20)18-35(29-7-3-5-22-4-1-2-6-24(22)29)30(36)25-16-27(32(39)40)28(33(41)42)17-26(25)31(37)38/h1-2,4,6,8-17,29H,3,5,7,18H2,(H,37,38)(H,39,40)(H,41,42)/t29-/m0/s1. The summed E-state index contributed by atoms with van der Waals surface area (Å²) in [7, 11) is 0. The molecule has 8 nitrogen and oxygen atoms in total. The van der Waals surface area contributed by atoms with E-state index in [0.717, 1.165) is 52.8 Å². The minimum absolute atomic E-state index is 0.0731. The number of benzene rings is 4. The van der Waals surface area contributed by atoms with Gasteiger partial charge in [-0.1, -0.05) is 60.7 Å². The topological polar surface area (TPSA) is 132 Å². The van der Waals surface area contributed by atoms with Gasteiger partial charge in [-0.05, 0) is 71.3 Å². The van der Waals surface area contributed by atoms with Crippen molar-refractivity contribution in [2.24, 2.45) is 0 Å². The van der Waals surface area contributed by atoms with Crippen LogP contribution in [0.2, 0.25) is 0 Å². The number of hydrogen-bond donors (Lipinski definition) is 3. The van der Waals surface area contributed by atoms with Gasteiger partial charge in [0.15, 0.2) is 0 Å². The van der Waals surface area contributed by atoms with Crippen LogP contribution < -0.4 is 0 Å². The fourth-order valence-corrected chi connectivity index (χ4v) is 5.48. The summed E-state index contributed by atoms with van der Waals surface area (Å²) in [5.41, 5.74) is 1.95. The maximum absolute atomic E-state index is 14.2. The van der Waals surface area contributed by atoms with Gasteiger partial charge in [0.05, 0.1) is 28.3 Å². The number of aromatic carboxylic acids is 3. The first kappa shape index (κ1) is 28.2. The number of aryl methyl sites for hydroxylation is 1. The van der Waals surface area contributed by atoms with Crippen LogP contribution in [0, 0.1) is 5.82 Å². The highest BCUT2D eigenvalue weighted by Crippen LogP contribution is 2.37. The van der Waals surface area contributed by atoms with Crippen molar-refractivity contribution >= 4 is 23.8 Å². The van der Waals surface area contributed by atoms with Gasteiger partial charge in [0, 0.05) is 6.54 Å². The lowest BCUT2D eigenvalue weighted by Crippen LogP contribution is -2.37. The molecule has 3 N–H and O–H groups in total. The van der Waals surface area contributed by atoms with Crippen LogP contribution in [0.15, 0.2) is 84.9 Å². The zero-order chi connectivity index (χ0) is 30.0. The van der Waals surface area contributed by atoms with Crippen LogP contribution in [0.25, 0.3) is 11.1 Å². The molecule has 0 spiro atoms. The first-order valence-corrected chi connectivity index (χ1v) is 13.3. The molecule has 0 bridgehead atoms. The number of halogens is 1. The molecule has 4 aromatic rings. The largest absolute Gasteiger partial charge is 0.478 e. The van der Waals surface area contributed by atoms with Crippen molar-refractivity contribution in [2.45, 2.75) is 31.8 Å². The smallest absolute Gasteiger partial charge is 0.336 e. The van der Waals surface area contributed by atoms with Gasteiger partial charge in [0.1, 0.15) is 5.82 Å². The van der Waals surface area contributed by atoms with E-state index in [9.17, 15) is 38.9 Å². The van der Waals surface area contributed by atoms with Gasteiger partial charge >= 0.3 is 17.9 Å². The third kappa shape index (κ3) is 5.62. The molecule has 0 aliphatic heterocycles. The molecule has 0 unspecified atom stereocenters. The molecule has 5 rings (SSSR count). The van der Waals surface area contributed by atoms with E-state index in [1.807, 2.05) is 48.5 Å². The van der Waals surface area contributed by atoms with Crippen molar-refractivity contribution < 1.29 is 38.9 Å². The highest BCUT2D eigenvalue weighted by atomic mass is 19.1. The normalized spacial score (nSPS) is 14.1. The Bertz CT molecular complexity index is 1700. The molecule has 0 aromatic heterocycles. The summed E-state index contributed by atoms with van der Waals surface area (Å²) < 4.78 is 13.4. The summed E-state index contributed by atoms with van der Waals surface area (Å²) in [5, 5.41) is 29.1. The fraction of sp³-hybridized carbons (Fsp3) is 0.152. The molecule has 1 amide bonds. The molecule has 4 aromatic carbocycles. The van der Waals surface area contributed by atoms with Gasteiger partial charge in [0.2, 0.25) is 0 Å². The number of rotatable bonds is 8. The number of carboxylic acids is 3. The monoisotopic (exact) mass is 567 g/mol. The van der Waals surface area contributed by atoms with Crippen molar-refractivity contribution in [1.82, 2.24) is 4.90 Å². The van der Waals surface area contributed by atoms with Crippen molar-refractivity contribution in [1.29, 1.82) is 0 Å². The zero-order valence-electron chi connectivity index (χ0n) is 22.3. The van der Waals surface area contributed by atoms with Crippen LogP contribution in [0.4, 0.5) is 4.39 Å². The van der Waals surface area contributed by atoms with Crippen LogP contribution in [0.5, 0.6) is 0 Å². The maximum atomic E-state index is 14.2. The number of carbonyl (C=O) groups is 4. The first-order valence-electron chi connectivity index (χ1n) is 13.3. The third-order valence-electron chi connectivity index (χ3n) is 7.54. The molecule has 0 fully saturated rings. The Morgan fingerprint density at radius 3 is 1.83 bits per heavy atom. The van der Waals surface area contributed by atoms with Crippen molar-refractivity contribution in [3.8, 4) is 11.1 Å².